The Bertz CT molecular complexity index is 684. The van der Waals surface area contributed by atoms with Gasteiger partial charge >= 0.3 is 0 Å². The normalized spacial score (nSPS) is 10.0. The number of hydrazine groups is 1. The minimum atomic E-state index is -0.536. The van der Waals surface area contributed by atoms with E-state index in [0.717, 1.165) is 0 Å². The number of hydrogen-bond acceptors (Lipinski definition) is 4. The number of hydrogen-bond donors (Lipinski definition) is 2. The monoisotopic (exact) mass is 308 g/mol. The molecule has 7 nitrogen and oxygen atoms in total. The number of halogens is 1. The molecule has 0 radical (unpaired) electrons. The van der Waals surface area contributed by atoms with Crippen LogP contribution in [0, 0.1) is 0 Å². The maximum atomic E-state index is 12.0. The molecule has 2 amide bonds. The number of rotatable bonds is 3. The number of carbonyl (C=O) groups excluding carboxylic acids is 2. The van der Waals surface area contributed by atoms with Gasteiger partial charge < -0.3 is 4.74 Å². The summed E-state index contributed by atoms with van der Waals surface area (Å²) in [7, 11) is 3.13. The summed E-state index contributed by atoms with van der Waals surface area (Å²) in [6, 6.07) is 4.62. The molecule has 110 valence electrons. The smallest absolute Gasteiger partial charge is 0.273 e. The van der Waals surface area contributed by atoms with Crippen molar-refractivity contribution >= 4 is 23.4 Å². The molecule has 2 N–H and O–H groups in total. The van der Waals surface area contributed by atoms with Crippen molar-refractivity contribution in [1.82, 2.24) is 20.6 Å². The highest BCUT2D eigenvalue weighted by Crippen LogP contribution is 2.22. The van der Waals surface area contributed by atoms with Gasteiger partial charge in [0, 0.05) is 18.3 Å². The molecule has 2 rings (SSSR count). The molecule has 0 aliphatic carbocycles. The van der Waals surface area contributed by atoms with Crippen LogP contribution in [0.3, 0.4) is 0 Å². The van der Waals surface area contributed by atoms with Gasteiger partial charge in [-0.25, -0.2) is 0 Å². The lowest BCUT2D eigenvalue weighted by Gasteiger charge is -2.10. The van der Waals surface area contributed by atoms with Crippen LogP contribution < -0.4 is 15.6 Å². The molecular formula is C13H13ClN4O3. The third kappa shape index (κ3) is 3.51. The Morgan fingerprint density at radius 2 is 2.00 bits per heavy atom. The van der Waals surface area contributed by atoms with Gasteiger partial charge in [0.05, 0.1) is 24.4 Å². The highest BCUT2D eigenvalue weighted by Gasteiger charge is 2.14. The quantitative estimate of drug-likeness (QED) is 0.833. The van der Waals surface area contributed by atoms with Gasteiger partial charge in [-0.2, -0.15) is 5.10 Å². The van der Waals surface area contributed by atoms with E-state index in [9.17, 15) is 9.59 Å². The lowest BCUT2D eigenvalue weighted by atomic mass is 10.2. The van der Waals surface area contributed by atoms with E-state index in [2.05, 4.69) is 16.0 Å². The molecule has 1 aromatic carbocycles. The van der Waals surface area contributed by atoms with Gasteiger partial charge in [0.25, 0.3) is 11.8 Å². The van der Waals surface area contributed by atoms with Crippen LogP contribution in [-0.2, 0) is 7.05 Å². The molecule has 21 heavy (non-hydrogen) atoms. The standard InChI is InChI=1S/C13H13ClN4O3/c1-18-7-8(6-15-18)12(19)16-17-13(20)10-5-9(14)3-4-11(10)21-2/h3-7H,1-2H3,(H,16,19)(H,17,20). The van der Waals surface area contributed by atoms with Gasteiger partial charge in [-0.05, 0) is 18.2 Å². The van der Waals surface area contributed by atoms with E-state index in [4.69, 9.17) is 16.3 Å². The van der Waals surface area contributed by atoms with E-state index in [1.54, 1.807) is 19.2 Å². The zero-order valence-electron chi connectivity index (χ0n) is 11.4. The molecule has 0 aliphatic rings. The second-order valence-electron chi connectivity index (χ2n) is 4.16. The number of nitrogens with one attached hydrogen (secondary N) is 2. The Balaban J connectivity index is 2.05. The average molecular weight is 309 g/mol. The van der Waals surface area contributed by atoms with Gasteiger partial charge in [-0.3, -0.25) is 25.1 Å². The molecule has 0 atom stereocenters. The first-order valence-corrected chi connectivity index (χ1v) is 6.32. The van der Waals surface area contributed by atoms with Crippen molar-refractivity contribution in [3.63, 3.8) is 0 Å². The zero-order valence-corrected chi connectivity index (χ0v) is 12.1. The molecule has 0 saturated heterocycles. The summed E-state index contributed by atoms with van der Waals surface area (Å²) in [5, 5.41) is 4.26. The molecule has 0 bridgehead atoms. The van der Waals surface area contributed by atoms with E-state index >= 15 is 0 Å². The predicted molar refractivity (Wildman–Crippen MR) is 76.1 cm³/mol. The van der Waals surface area contributed by atoms with E-state index in [1.807, 2.05) is 0 Å². The van der Waals surface area contributed by atoms with E-state index in [0.29, 0.717) is 16.3 Å². The fourth-order valence-corrected chi connectivity index (χ4v) is 1.82. The molecule has 2 aromatic rings. The van der Waals surface area contributed by atoms with Crippen LogP contribution in [0.25, 0.3) is 0 Å². The Labute approximate surface area is 125 Å². The summed E-state index contributed by atoms with van der Waals surface area (Å²) >= 11 is 5.85. The highest BCUT2D eigenvalue weighted by molar-refractivity contribution is 6.31. The molecule has 0 spiro atoms. The Kier molecular flexibility index (Phi) is 4.44. The molecule has 0 aliphatic heterocycles. The van der Waals surface area contributed by atoms with Crippen LogP contribution >= 0.6 is 11.6 Å². The molecule has 0 saturated carbocycles. The lowest BCUT2D eigenvalue weighted by molar-refractivity contribution is 0.0845. The average Bonchev–Trinajstić information content (AvgIpc) is 2.91. The van der Waals surface area contributed by atoms with Gasteiger partial charge in [0.2, 0.25) is 0 Å². The number of aromatic nitrogens is 2. The summed E-state index contributed by atoms with van der Waals surface area (Å²) < 4.78 is 6.55. The number of amides is 2. The Hall–Kier alpha value is -2.54. The summed E-state index contributed by atoms with van der Waals surface area (Å²) in [5.74, 6) is -0.656. The lowest BCUT2D eigenvalue weighted by Crippen LogP contribution is -2.41. The summed E-state index contributed by atoms with van der Waals surface area (Å²) in [5.41, 5.74) is 5.13. The molecule has 0 unspecified atom stereocenters. The van der Waals surface area contributed by atoms with E-state index < -0.39 is 11.8 Å². The maximum Gasteiger partial charge on any atom is 0.273 e. The first kappa shape index (κ1) is 14.9. The SMILES string of the molecule is COc1ccc(Cl)cc1C(=O)NNC(=O)c1cnn(C)c1. The van der Waals surface area contributed by atoms with Crippen molar-refractivity contribution in [2.45, 2.75) is 0 Å². The largest absolute Gasteiger partial charge is 0.496 e. The van der Waals surface area contributed by atoms with Gasteiger partial charge in [-0.1, -0.05) is 11.6 Å². The topological polar surface area (TPSA) is 85.2 Å². The number of benzene rings is 1. The van der Waals surface area contributed by atoms with Crippen molar-refractivity contribution in [1.29, 1.82) is 0 Å². The van der Waals surface area contributed by atoms with Crippen molar-refractivity contribution in [3.8, 4) is 5.75 Å². The molecular weight excluding hydrogens is 296 g/mol. The third-order valence-electron chi connectivity index (χ3n) is 2.66. The maximum absolute atomic E-state index is 12.0. The number of aryl methyl sites for hydroxylation is 1. The molecule has 1 heterocycles. The highest BCUT2D eigenvalue weighted by atomic mass is 35.5. The van der Waals surface area contributed by atoms with Crippen LogP contribution in [0.5, 0.6) is 5.75 Å². The van der Waals surface area contributed by atoms with E-state index in [1.165, 1.54) is 30.3 Å². The Morgan fingerprint density at radius 1 is 1.29 bits per heavy atom. The number of ether oxygens (including phenoxy) is 1. The van der Waals surface area contributed by atoms with Crippen molar-refractivity contribution in [3.05, 3.63) is 46.7 Å². The molecule has 1 aromatic heterocycles. The van der Waals surface area contributed by atoms with Crippen LogP contribution in [0.2, 0.25) is 5.02 Å². The first-order valence-electron chi connectivity index (χ1n) is 5.94. The van der Waals surface area contributed by atoms with Crippen molar-refractivity contribution < 1.29 is 14.3 Å². The van der Waals surface area contributed by atoms with Gasteiger partial charge in [-0.15, -0.1) is 0 Å². The molecule has 0 fully saturated rings. The van der Waals surface area contributed by atoms with E-state index in [-0.39, 0.29) is 5.56 Å². The number of methoxy groups -OCH3 is 1. The van der Waals surface area contributed by atoms with Crippen LogP contribution in [0.1, 0.15) is 20.7 Å². The zero-order chi connectivity index (χ0) is 15.4. The Morgan fingerprint density at radius 3 is 2.62 bits per heavy atom. The number of carbonyl (C=O) groups is 2. The minimum Gasteiger partial charge on any atom is -0.496 e. The van der Waals surface area contributed by atoms with Gasteiger partial charge in [0.15, 0.2) is 0 Å². The second-order valence-corrected chi connectivity index (χ2v) is 4.59. The third-order valence-corrected chi connectivity index (χ3v) is 2.90. The second kappa shape index (κ2) is 6.27. The fourth-order valence-electron chi connectivity index (χ4n) is 1.65. The van der Waals surface area contributed by atoms with Crippen molar-refractivity contribution in [2.75, 3.05) is 7.11 Å². The summed E-state index contributed by atoms with van der Waals surface area (Å²) in [6.45, 7) is 0. The predicted octanol–water partition coefficient (Wildman–Crippen LogP) is 1.16. The summed E-state index contributed by atoms with van der Waals surface area (Å²) in [4.78, 5) is 23.8. The van der Waals surface area contributed by atoms with Crippen LogP contribution in [-0.4, -0.2) is 28.7 Å². The molecule has 8 heteroatoms. The van der Waals surface area contributed by atoms with Gasteiger partial charge in [0.1, 0.15) is 5.75 Å². The fraction of sp³-hybridized carbons (Fsp3) is 0.154. The van der Waals surface area contributed by atoms with Crippen LogP contribution in [0.4, 0.5) is 0 Å². The van der Waals surface area contributed by atoms with Crippen LogP contribution in [0.15, 0.2) is 30.6 Å². The number of nitrogens with zero attached hydrogens (tertiary/aromatic N) is 2. The minimum absolute atomic E-state index is 0.219. The first-order chi connectivity index (χ1) is 10.0. The van der Waals surface area contributed by atoms with Crippen molar-refractivity contribution in [2.24, 2.45) is 7.05 Å². The summed E-state index contributed by atoms with van der Waals surface area (Å²) in [6.07, 6.45) is 2.92.